The molecule has 0 atom stereocenters. The van der Waals surface area contributed by atoms with E-state index >= 15 is 0 Å². The van der Waals surface area contributed by atoms with Gasteiger partial charge in [-0.2, -0.15) is 14.9 Å². The van der Waals surface area contributed by atoms with Gasteiger partial charge < -0.3 is 10.0 Å². The van der Waals surface area contributed by atoms with Gasteiger partial charge in [-0.3, -0.25) is 0 Å². The lowest BCUT2D eigenvalue weighted by molar-refractivity contribution is 0.474. The number of nitrogens with zero attached hydrogens (tertiary/aromatic N) is 4. The predicted molar refractivity (Wildman–Crippen MR) is 113 cm³/mol. The predicted octanol–water partition coefficient (Wildman–Crippen LogP) is 4.70. The van der Waals surface area contributed by atoms with Crippen LogP contribution < -0.4 is 4.90 Å². The molecule has 6 nitrogen and oxygen atoms in total. The maximum Gasteiger partial charge on any atom is 0.216 e. The average molecular weight is 402 g/mol. The summed E-state index contributed by atoms with van der Waals surface area (Å²) < 4.78 is 1.85. The van der Waals surface area contributed by atoms with Crippen molar-refractivity contribution in [2.24, 2.45) is 5.10 Å². The molecule has 0 bridgehead atoms. The first kappa shape index (κ1) is 19.1. The number of aromatic hydroxyl groups is 1. The number of aromatic amines is 1. The Kier molecular flexibility index (Phi) is 5.93. The molecular formula is C19H20ClN5OS. The number of phenols is 1. The van der Waals surface area contributed by atoms with Gasteiger partial charge >= 0.3 is 0 Å². The highest BCUT2D eigenvalue weighted by Gasteiger charge is 2.09. The lowest BCUT2D eigenvalue weighted by Gasteiger charge is -2.21. The van der Waals surface area contributed by atoms with Gasteiger partial charge in [0, 0.05) is 41.0 Å². The third-order valence-electron chi connectivity index (χ3n) is 4.19. The van der Waals surface area contributed by atoms with Crippen molar-refractivity contribution in [1.29, 1.82) is 0 Å². The number of hydrogen-bond donors (Lipinski definition) is 2. The van der Waals surface area contributed by atoms with E-state index in [0.717, 1.165) is 24.3 Å². The van der Waals surface area contributed by atoms with Crippen molar-refractivity contribution in [1.82, 2.24) is 14.9 Å². The molecule has 1 aromatic heterocycles. The van der Waals surface area contributed by atoms with Gasteiger partial charge in [-0.25, -0.2) is 5.10 Å². The van der Waals surface area contributed by atoms with E-state index in [1.807, 2.05) is 24.3 Å². The molecule has 0 saturated carbocycles. The lowest BCUT2D eigenvalue weighted by atomic mass is 10.2. The summed E-state index contributed by atoms with van der Waals surface area (Å²) in [7, 11) is 0. The molecular weight excluding hydrogens is 382 g/mol. The van der Waals surface area contributed by atoms with Crippen LogP contribution in [0.1, 0.15) is 19.4 Å². The zero-order valence-corrected chi connectivity index (χ0v) is 16.6. The van der Waals surface area contributed by atoms with Crippen LogP contribution in [0.5, 0.6) is 5.75 Å². The number of benzene rings is 2. The molecule has 0 fully saturated rings. The van der Waals surface area contributed by atoms with E-state index in [-0.39, 0.29) is 5.75 Å². The van der Waals surface area contributed by atoms with Crippen molar-refractivity contribution in [2.45, 2.75) is 13.8 Å². The van der Waals surface area contributed by atoms with Crippen LogP contribution >= 0.6 is 23.8 Å². The second kappa shape index (κ2) is 8.37. The fraction of sp³-hybridized carbons (Fsp3) is 0.211. The second-order valence-corrected chi connectivity index (χ2v) is 6.66. The van der Waals surface area contributed by atoms with Gasteiger partial charge in [0.2, 0.25) is 4.77 Å². The first-order chi connectivity index (χ1) is 13.0. The van der Waals surface area contributed by atoms with Gasteiger partial charge in [0.1, 0.15) is 5.75 Å². The summed E-state index contributed by atoms with van der Waals surface area (Å²) in [6, 6.07) is 12.8. The molecule has 0 aliphatic rings. The van der Waals surface area contributed by atoms with Crippen molar-refractivity contribution < 1.29 is 5.11 Å². The molecule has 3 aromatic rings. The minimum atomic E-state index is 0.155. The van der Waals surface area contributed by atoms with Crippen LogP contribution in [-0.4, -0.2) is 39.3 Å². The molecule has 0 spiro atoms. The first-order valence-corrected chi connectivity index (χ1v) is 9.37. The number of H-pyrrole nitrogens is 1. The SMILES string of the molecule is CCN(CC)c1ccc(/C=N\n2c(-c3cccc(Cl)c3)n[nH]c2=S)c(O)c1. The van der Waals surface area contributed by atoms with E-state index in [1.54, 1.807) is 24.4 Å². The molecule has 140 valence electrons. The highest BCUT2D eigenvalue weighted by molar-refractivity contribution is 7.71. The highest BCUT2D eigenvalue weighted by Crippen LogP contribution is 2.24. The van der Waals surface area contributed by atoms with E-state index in [9.17, 15) is 5.11 Å². The minimum Gasteiger partial charge on any atom is -0.507 e. The van der Waals surface area contributed by atoms with Crippen molar-refractivity contribution in [3.63, 3.8) is 0 Å². The zero-order chi connectivity index (χ0) is 19.4. The summed E-state index contributed by atoms with van der Waals surface area (Å²) in [5.74, 6) is 0.695. The second-order valence-electron chi connectivity index (χ2n) is 5.83. The van der Waals surface area contributed by atoms with Crippen molar-refractivity contribution in [3.8, 4) is 17.1 Å². The monoisotopic (exact) mass is 401 g/mol. The van der Waals surface area contributed by atoms with Crippen LogP contribution in [0.2, 0.25) is 5.02 Å². The average Bonchev–Trinajstić information content (AvgIpc) is 3.03. The summed E-state index contributed by atoms with van der Waals surface area (Å²) >= 11 is 11.3. The first-order valence-electron chi connectivity index (χ1n) is 8.59. The van der Waals surface area contributed by atoms with Gasteiger partial charge in [-0.15, -0.1) is 0 Å². The molecule has 0 radical (unpaired) electrons. The van der Waals surface area contributed by atoms with Crippen LogP contribution in [0, 0.1) is 4.77 Å². The molecule has 8 heteroatoms. The number of aromatic nitrogens is 3. The van der Waals surface area contributed by atoms with Crippen LogP contribution in [0.3, 0.4) is 0 Å². The van der Waals surface area contributed by atoms with Gasteiger partial charge in [0.15, 0.2) is 5.82 Å². The third kappa shape index (κ3) is 4.20. The van der Waals surface area contributed by atoms with Crippen molar-refractivity contribution >= 4 is 35.7 Å². The quantitative estimate of drug-likeness (QED) is 0.464. The van der Waals surface area contributed by atoms with E-state index in [0.29, 0.717) is 21.2 Å². The van der Waals surface area contributed by atoms with Crippen LogP contribution in [0.15, 0.2) is 47.6 Å². The van der Waals surface area contributed by atoms with Crippen LogP contribution in [-0.2, 0) is 0 Å². The smallest absolute Gasteiger partial charge is 0.216 e. The molecule has 0 saturated heterocycles. The van der Waals surface area contributed by atoms with E-state index in [4.69, 9.17) is 23.8 Å². The number of phenolic OH excluding ortho intramolecular Hbond substituents is 1. The molecule has 0 aliphatic heterocycles. The minimum absolute atomic E-state index is 0.155. The Hall–Kier alpha value is -2.64. The summed E-state index contributed by atoms with van der Waals surface area (Å²) in [6.45, 7) is 5.90. The largest absolute Gasteiger partial charge is 0.507 e. The summed E-state index contributed by atoms with van der Waals surface area (Å²) in [4.78, 5) is 2.16. The Bertz CT molecular complexity index is 1020. The Morgan fingerprint density at radius 3 is 2.70 bits per heavy atom. The molecule has 3 rings (SSSR count). The van der Waals surface area contributed by atoms with Gasteiger partial charge in [0.05, 0.1) is 6.21 Å². The fourth-order valence-corrected chi connectivity index (χ4v) is 3.13. The van der Waals surface area contributed by atoms with Gasteiger partial charge in [0.25, 0.3) is 0 Å². The number of halogens is 1. The molecule has 2 N–H and O–H groups in total. The zero-order valence-electron chi connectivity index (χ0n) is 15.1. The van der Waals surface area contributed by atoms with Crippen molar-refractivity contribution in [2.75, 3.05) is 18.0 Å². The fourth-order valence-electron chi connectivity index (χ4n) is 2.76. The van der Waals surface area contributed by atoms with Gasteiger partial charge in [-0.1, -0.05) is 23.7 Å². The normalized spacial score (nSPS) is 11.2. The highest BCUT2D eigenvalue weighted by atomic mass is 35.5. The van der Waals surface area contributed by atoms with E-state index in [1.165, 1.54) is 4.68 Å². The van der Waals surface area contributed by atoms with Crippen LogP contribution in [0.4, 0.5) is 5.69 Å². The third-order valence-corrected chi connectivity index (χ3v) is 4.69. The lowest BCUT2D eigenvalue weighted by Crippen LogP contribution is -2.21. The molecule has 0 aliphatic carbocycles. The maximum atomic E-state index is 10.4. The molecule has 0 amide bonds. The van der Waals surface area contributed by atoms with Crippen molar-refractivity contribution in [3.05, 3.63) is 57.8 Å². The molecule has 0 unspecified atom stereocenters. The van der Waals surface area contributed by atoms with Gasteiger partial charge in [-0.05, 0) is 50.3 Å². The molecule has 1 heterocycles. The Morgan fingerprint density at radius 1 is 1.26 bits per heavy atom. The standard InChI is InChI=1S/C19H20ClN5OS/c1-3-24(4-2)16-9-8-14(17(26)11-16)12-21-25-18(22-23-19(25)27)13-6-5-7-15(20)10-13/h5-12,26H,3-4H2,1-2H3,(H,23,27)/b21-12-. The molecule has 27 heavy (non-hydrogen) atoms. The summed E-state index contributed by atoms with van der Waals surface area (Å²) in [5, 5.41) is 22.3. The van der Waals surface area contributed by atoms with E-state index in [2.05, 4.69) is 34.0 Å². The Labute approximate surface area is 167 Å². The number of hydrogen-bond acceptors (Lipinski definition) is 5. The van der Waals surface area contributed by atoms with Crippen LogP contribution in [0.25, 0.3) is 11.4 Å². The number of anilines is 1. The Balaban J connectivity index is 1.93. The molecule has 2 aromatic carbocycles. The topological polar surface area (TPSA) is 69.4 Å². The summed E-state index contributed by atoms with van der Waals surface area (Å²) in [5.41, 5.74) is 2.34. The number of rotatable bonds is 6. The Morgan fingerprint density at radius 2 is 2.04 bits per heavy atom. The number of nitrogens with one attached hydrogen (secondary N) is 1. The summed E-state index contributed by atoms with van der Waals surface area (Å²) in [6.07, 6.45) is 1.56. The maximum absolute atomic E-state index is 10.4. The van der Waals surface area contributed by atoms with E-state index < -0.39 is 0 Å².